The molecule has 0 aliphatic rings. The van der Waals surface area contributed by atoms with Crippen LogP contribution in [0, 0.1) is 0 Å². The van der Waals surface area contributed by atoms with Gasteiger partial charge in [0.05, 0.1) is 11.2 Å². The van der Waals surface area contributed by atoms with Crippen LogP contribution in [0.3, 0.4) is 0 Å². The van der Waals surface area contributed by atoms with Crippen LogP contribution >= 0.6 is 0 Å². The minimum atomic E-state index is 0.509. The summed E-state index contributed by atoms with van der Waals surface area (Å²) >= 11 is 0. The number of aromatic nitrogens is 5. The van der Waals surface area contributed by atoms with Gasteiger partial charge in [-0.3, -0.25) is 4.40 Å². The van der Waals surface area contributed by atoms with Crippen molar-refractivity contribution in [3.8, 4) is 33.9 Å². The lowest BCUT2D eigenvalue weighted by Gasteiger charge is -2.12. The molecule has 0 atom stereocenters. The van der Waals surface area contributed by atoms with Gasteiger partial charge in [-0.15, -0.1) is 10.2 Å². The number of pyridine rings is 2. The van der Waals surface area contributed by atoms with Gasteiger partial charge in [0, 0.05) is 41.7 Å². The number of nitrogens with zero attached hydrogens (tertiary/aromatic N) is 5. The van der Waals surface area contributed by atoms with Crippen molar-refractivity contribution >= 4 is 16.6 Å². The molecule has 6 aromatic rings. The minimum Gasteiger partial charge on any atom is -0.361 e. The first-order valence-corrected chi connectivity index (χ1v) is 11.2. The maximum atomic E-state index is 5.80. The van der Waals surface area contributed by atoms with Crippen LogP contribution < -0.4 is 5.73 Å². The van der Waals surface area contributed by atoms with Crippen molar-refractivity contribution in [2.45, 2.75) is 19.9 Å². The van der Waals surface area contributed by atoms with Crippen molar-refractivity contribution < 1.29 is 4.52 Å². The monoisotopic (exact) mass is 446 g/mol. The molecule has 34 heavy (non-hydrogen) atoms. The molecule has 0 saturated heterocycles. The van der Waals surface area contributed by atoms with Gasteiger partial charge in [-0.1, -0.05) is 66.7 Å². The van der Waals surface area contributed by atoms with Crippen molar-refractivity contribution in [2.24, 2.45) is 5.73 Å². The van der Waals surface area contributed by atoms with Crippen molar-refractivity contribution in [3.63, 3.8) is 0 Å². The van der Waals surface area contributed by atoms with Crippen LogP contribution in [0.15, 0.2) is 83.5 Å². The molecule has 4 heterocycles. The molecule has 0 bridgehead atoms. The fourth-order valence-corrected chi connectivity index (χ4v) is 4.21. The summed E-state index contributed by atoms with van der Waals surface area (Å²) in [6.45, 7) is 2.53. The van der Waals surface area contributed by atoms with Gasteiger partial charge in [-0.2, -0.15) is 0 Å². The third-order valence-electron chi connectivity index (χ3n) is 6.05. The summed E-state index contributed by atoms with van der Waals surface area (Å²) in [6, 6.07) is 24.6. The van der Waals surface area contributed by atoms with Crippen LogP contribution in [0.1, 0.15) is 18.2 Å². The molecular weight excluding hydrogens is 424 g/mol. The van der Waals surface area contributed by atoms with E-state index in [0.717, 1.165) is 56.7 Å². The van der Waals surface area contributed by atoms with E-state index < -0.39 is 0 Å². The highest BCUT2D eigenvalue weighted by molar-refractivity contribution is 5.98. The second kappa shape index (κ2) is 8.20. The number of hydrogen-bond donors (Lipinski definition) is 1. The molecule has 4 aromatic heterocycles. The normalized spacial score (nSPS) is 11.5. The summed E-state index contributed by atoms with van der Waals surface area (Å²) in [6.07, 6.45) is 2.70. The Morgan fingerprint density at radius 1 is 0.912 bits per heavy atom. The van der Waals surface area contributed by atoms with Crippen LogP contribution in [0.25, 0.3) is 50.5 Å². The lowest BCUT2D eigenvalue weighted by molar-refractivity contribution is 0.388. The lowest BCUT2D eigenvalue weighted by Crippen LogP contribution is -1.97. The Balaban J connectivity index is 1.59. The molecule has 0 spiro atoms. The molecule has 166 valence electrons. The number of nitrogens with two attached hydrogens (primary N) is 1. The maximum Gasteiger partial charge on any atom is 0.190 e. The molecule has 0 aliphatic heterocycles. The van der Waals surface area contributed by atoms with Crippen LogP contribution in [0.2, 0.25) is 0 Å². The predicted molar refractivity (Wildman–Crippen MR) is 132 cm³/mol. The van der Waals surface area contributed by atoms with E-state index in [1.165, 1.54) is 0 Å². The van der Waals surface area contributed by atoms with E-state index in [-0.39, 0.29) is 0 Å². The first-order valence-electron chi connectivity index (χ1n) is 11.2. The Bertz CT molecular complexity index is 1620. The molecule has 2 N–H and O–H groups in total. The van der Waals surface area contributed by atoms with Gasteiger partial charge in [-0.25, -0.2) is 4.98 Å². The molecule has 6 rings (SSSR count). The molecule has 0 aliphatic carbocycles. The molecule has 0 amide bonds. The SMILES string of the molecule is CCc1cc(-c2nnc3c4cc(-c5ccccc5)c(-c5ccc(CN)cc5)nc4ccn23)no1. The van der Waals surface area contributed by atoms with Gasteiger partial charge in [-0.05, 0) is 23.3 Å². The van der Waals surface area contributed by atoms with Gasteiger partial charge in [0.1, 0.15) is 5.76 Å². The largest absolute Gasteiger partial charge is 0.361 e. The van der Waals surface area contributed by atoms with Gasteiger partial charge < -0.3 is 10.3 Å². The first-order chi connectivity index (χ1) is 16.7. The third-order valence-corrected chi connectivity index (χ3v) is 6.05. The fourth-order valence-electron chi connectivity index (χ4n) is 4.21. The van der Waals surface area contributed by atoms with Crippen molar-refractivity contribution in [1.82, 2.24) is 24.7 Å². The molecule has 7 nitrogen and oxygen atoms in total. The number of fused-ring (bicyclic) bond motifs is 3. The lowest BCUT2D eigenvalue weighted by atomic mass is 9.97. The van der Waals surface area contributed by atoms with Gasteiger partial charge >= 0.3 is 0 Å². The molecule has 0 fully saturated rings. The third kappa shape index (κ3) is 3.34. The Hall–Kier alpha value is -4.36. The topological polar surface area (TPSA) is 95.1 Å². The standard InChI is InChI=1S/C27H22N6O/c1-2-20-14-24(32-34-20)27-31-30-26-22-15-21(18-6-4-3-5-7-18)25(29-23(22)12-13-33(26)27)19-10-8-17(16-28)9-11-19/h3-15H,2,16,28H2,1H3. The summed E-state index contributed by atoms with van der Waals surface area (Å²) < 4.78 is 7.32. The quantitative estimate of drug-likeness (QED) is 0.387. The van der Waals surface area contributed by atoms with E-state index in [1.54, 1.807) is 0 Å². The molecule has 0 saturated carbocycles. The summed E-state index contributed by atoms with van der Waals surface area (Å²) in [4.78, 5) is 5.08. The Kier molecular flexibility index (Phi) is 4.89. The van der Waals surface area contributed by atoms with Gasteiger partial charge in [0.2, 0.25) is 0 Å². The van der Waals surface area contributed by atoms with E-state index in [9.17, 15) is 0 Å². The van der Waals surface area contributed by atoms with Gasteiger partial charge in [0.25, 0.3) is 0 Å². The summed E-state index contributed by atoms with van der Waals surface area (Å²) in [5.41, 5.74) is 13.2. The van der Waals surface area contributed by atoms with Crippen molar-refractivity contribution in [1.29, 1.82) is 0 Å². The highest BCUT2D eigenvalue weighted by atomic mass is 16.5. The Morgan fingerprint density at radius 3 is 2.47 bits per heavy atom. The number of hydrogen-bond acceptors (Lipinski definition) is 6. The molecule has 0 unspecified atom stereocenters. The van der Waals surface area contributed by atoms with E-state index in [4.69, 9.17) is 15.2 Å². The Morgan fingerprint density at radius 2 is 1.74 bits per heavy atom. The summed E-state index contributed by atoms with van der Waals surface area (Å²) in [7, 11) is 0. The second-order valence-corrected chi connectivity index (χ2v) is 8.15. The highest BCUT2D eigenvalue weighted by Gasteiger charge is 2.18. The van der Waals surface area contributed by atoms with E-state index in [2.05, 4.69) is 45.7 Å². The zero-order chi connectivity index (χ0) is 23.1. The number of rotatable bonds is 5. The predicted octanol–water partition coefficient (Wildman–Crippen LogP) is 5.29. The molecule has 2 aromatic carbocycles. The van der Waals surface area contributed by atoms with Crippen molar-refractivity contribution in [2.75, 3.05) is 0 Å². The van der Waals surface area contributed by atoms with Gasteiger partial charge in [0.15, 0.2) is 17.2 Å². The smallest absolute Gasteiger partial charge is 0.190 e. The zero-order valence-electron chi connectivity index (χ0n) is 18.6. The molecule has 7 heteroatoms. The van der Waals surface area contributed by atoms with Crippen LogP contribution in [-0.2, 0) is 13.0 Å². The average Bonchev–Trinajstić information content (AvgIpc) is 3.55. The van der Waals surface area contributed by atoms with Crippen molar-refractivity contribution in [3.05, 3.63) is 90.3 Å². The molecular formula is C27H22N6O. The zero-order valence-corrected chi connectivity index (χ0v) is 18.6. The number of benzene rings is 2. The van der Waals surface area contributed by atoms with Crippen LogP contribution in [-0.4, -0.2) is 24.7 Å². The maximum absolute atomic E-state index is 5.80. The van der Waals surface area contributed by atoms with Crippen LogP contribution in [0.5, 0.6) is 0 Å². The summed E-state index contributed by atoms with van der Waals surface area (Å²) in [5.74, 6) is 1.45. The van der Waals surface area contributed by atoms with E-state index in [0.29, 0.717) is 18.1 Å². The van der Waals surface area contributed by atoms with E-state index >= 15 is 0 Å². The minimum absolute atomic E-state index is 0.509. The van der Waals surface area contributed by atoms with E-state index in [1.807, 2.05) is 60.0 Å². The average molecular weight is 447 g/mol. The second-order valence-electron chi connectivity index (χ2n) is 8.15. The number of aryl methyl sites for hydroxylation is 1. The summed E-state index contributed by atoms with van der Waals surface area (Å²) in [5, 5.41) is 14.0. The first kappa shape index (κ1) is 20.3. The highest BCUT2D eigenvalue weighted by Crippen LogP contribution is 2.35. The Labute approximate surface area is 195 Å². The van der Waals surface area contributed by atoms with Crippen LogP contribution in [0.4, 0.5) is 0 Å². The fraction of sp³-hybridized carbons (Fsp3) is 0.111. The molecule has 0 radical (unpaired) electrons.